The third-order valence-corrected chi connectivity index (χ3v) is 4.37. The Bertz CT molecular complexity index is 646. The van der Waals surface area contributed by atoms with E-state index in [1.807, 2.05) is 19.1 Å². The van der Waals surface area contributed by atoms with Gasteiger partial charge in [-0.05, 0) is 63.1 Å². The summed E-state index contributed by atoms with van der Waals surface area (Å²) in [5.74, 6) is -0.883. The van der Waals surface area contributed by atoms with Crippen molar-refractivity contribution in [2.24, 2.45) is 0 Å². The van der Waals surface area contributed by atoms with E-state index in [2.05, 4.69) is 32.2 Å². The Balaban J connectivity index is 2.20. The van der Waals surface area contributed by atoms with Crippen LogP contribution in [0.4, 0.5) is 5.69 Å². The van der Waals surface area contributed by atoms with Crippen LogP contribution >= 0.6 is 11.3 Å². The average molecular weight is 289 g/mol. The number of thiophene rings is 1. The highest BCUT2D eigenvalue weighted by Crippen LogP contribution is 2.29. The van der Waals surface area contributed by atoms with Gasteiger partial charge in [-0.15, -0.1) is 11.3 Å². The van der Waals surface area contributed by atoms with E-state index in [0.717, 1.165) is 11.3 Å². The summed E-state index contributed by atoms with van der Waals surface area (Å²) in [6, 6.07) is 7.76. The van der Waals surface area contributed by atoms with Crippen LogP contribution in [-0.2, 0) is 0 Å². The predicted octanol–water partition coefficient (Wildman–Crippen LogP) is 4.54. The highest BCUT2D eigenvalue weighted by atomic mass is 32.1. The van der Waals surface area contributed by atoms with Crippen LogP contribution in [0, 0.1) is 20.8 Å². The van der Waals surface area contributed by atoms with Crippen molar-refractivity contribution >= 4 is 23.0 Å². The van der Waals surface area contributed by atoms with E-state index in [1.54, 1.807) is 17.4 Å². The molecule has 0 radical (unpaired) electrons. The van der Waals surface area contributed by atoms with Gasteiger partial charge in [0.1, 0.15) is 0 Å². The van der Waals surface area contributed by atoms with Crippen LogP contribution in [0.1, 0.15) is 44.2 Å². The van der Waals surface area contributed by atoms with Crippen molar-refractivity contribution in [1.82, 2.24) is 0 Å². The normalized spacial score (nSPS) is 12.2. The van der Waals surface area contributed by atoms with E-state index in [-0.39, 0.29) is 6.04 Å². The Kier molecular flexibility index (Phi) is 4.14. The van der Waals surface area contributed by atoms with Crippen LogP contribution in [0.3, 0.4) is 0 Å². The minimum Gasteiger partial charge on any atom is -0.478 e. The van der Waals surface area contributed by atoms with Gasteiger partial charge in [0.15, 0.2) is 0 Å². The van der Waals surface area contributed by atoms with Gasteiger partial charge in [0.05, 0.1) is 5.56 Å². The summed E-state index contributed by atoms with van der Waals surface area (Å²) in [7, 11) is 0. The first-order valence-corrected chi connectivity index (χ1v) is 7.37. The Morgan fingerprint density at radius 1 is 1.25 bits per heavy atom. The van der Waals surface area contributed by atoms with E-state index in [1.165, 1.54) is 15.3 Å². The molecule has 0 saturated carbocycles. The van der Waals surface area contributed by atoms with Crippen molar-refractivity contribution in [2.75, 3.05) is 5.32 Å². The van der Waals surface area contributed by atoms with Gasteiger partial charge >= 0.3 is 5.97 Å². The predicted molar refractivity (Wildman–Crippen MR) is 84.0 cm³/mol. The largest absolute Gasteiger partial charge is 0.478 e. The zero-order chi connectivity index (χ0) is 14.9. The second-order valence-electron chi connectivity index (χ2n) is 5.07. The maximum atomic E-state index is 11.0. The van der Waals surface area contributed by atoms with E-state index in [9.17, 15) is 4.79 Å². The molecule has 1 unspecified atom stereocenters. The van der Waals surface area contributed by atoms with Crippen LogP contribution in [0.25, 0.3) is 0 Å². The summed E-state index contributed by atoms with van der Waals surface area (Å²) in [5, 5.41) is 12.5. The molecular formula is C16H19NO2S. The standard InChI is InChI=1S/C16H19NO2S/c1-9-7-13(5-6-14(9)16(18)19)17-11(3)15-8-10(2)20-12(15)4/h5-8,11,17H,1-4H3,(H,18,19). The SMILES string of the molecule is Cc1cc(C(C)Nc2ccc(C(=O)O)c(C)c2)c(C)s1. The van der Waals surface area contributed by atoms with Crippen molar-refractivity contribution < 1.29 is 9.90 Å². The maximum Gasteiger partial charge on any atom is 0.335 e. The smallest absolute Gasteiger partial charge is 0.335 e. The average Bonchev–Trinajstić information content (AvgIpc) is 2.68. The molecule has 0 aliphatic rings. The lowest BCUT2D eigenvalue weighted by molar-refractivity contribution is 0.0696. The molecule has 0 amide bonds. The molecular weight excluding hydrogens is 270 g/mol. The molecule has 1 atom stereocenters. The lowest BCUT2D eigenvalue weighted by Crippen LogP contribution is -2.08. The Morgan fingerprint density at radius 2 is 1.95 bits per heavy atom. The fourth-order valence-electron chi connectivity index (χ4n) is 2.40. The van der Waals surface area contributed by atoms with Gasteiger partial charge < -0.3 is 10.4 Å². The Labute approximate surface area is 123 Å². The third-order valence-electron chi connectivity index (χ3n) is 3.39. The topological polar surface area (TPSA) is 49.3 Å². The molecule has 2 rings (SSSR count). The number of carboxylic acid groups (broad SMARTS) is 1. The zero-order valence-corrected chi connectivity index (χ0v) is 13.0. The molecule has 4 heteroatoms. The summed E-state index contributed by atoms with van der Waals surface area (Å²) in [6.45, 7) is 8.18. The molecule has 0 aliphatic heterocycles. The summed E-state index contributed by atoms with van der Waals surface area (Å²) in [5.41, 5.74) is 3.37. The number of anilines is 1. The van der Waals surface area contributed by atoms with Gasteiger partial charge in [-0.1, -0.05) is 0 Å². The molecule has 20 heavy (non-hydrogen) atoms. The molecule has 0 bridgehead atoms. The van der Waals surface area contributed by atoms with Crippen molar-refractivity contribution in [3.05, 3.63) is 50.7 Å². The molecule has 1 aromatic carbocycles. The number of aryl methyl sites for hydroxylation is 3. The first kappa shape index (κ1) is 14.6. The van der Waals surface area contributed by atoms with E-state index < -0.39 is 5.97 Å². The first-order chi connectivity index (χ1) is 9.38. The maximum absolute atomic E-state index is 11.0. The Hall–Kier alpha value is -1.81. The van der Waals surface area contributed by atoms with E-state index >= 15 is 0 Å². The minimum absolute atomic E-state index is 0.204. The van der Waals surface area contributed by atoms with Crippen LogP contribution in [0.2, 0.25) is 0 Å². The molecule has 0 spiro atoms. The molecule has 1 aromatic heterocycles. The van der Waals surface area contributed by atoms with Crippen LogP contribution in [-0.4, -0.2) is 11.1 Å². The molecule has 0 saturated heterocycles. The van der Waals surface area contributed by atoms with Crippen molar-refractivity contribution in [2.45, 2.75) is 33.7 Å². The summed E-state index contributed by atoms with van der Waals surface area (Å²) in [4.78, 5) is 13.6. The lowest BCUT2D eigenvalue weighted by Gasteiger charge is -2.16. The number of hydrogen-bond donors (Lipinski definition) is 2. The number of rotatable bonds is 4. The molecule has 1 heterocycles. The zero-order valence-electron chi connectivity index (χ0n) is 12.2. The molecule has 2 N–H and O–H groups in total. The van der Waals surface area contributed by atoms with Gasteiger partial charge in [-0.25, -0.2) is 4.79 Å². The molecule has 3 nitrogen and oxygen atoms in total. The summed E-state index contributed by atoms with van der Waals surface area (Å²) >= 11 is 1.80. The number of benzene rings is 1. The van der Waals surface area contributed by atoms with Gasteiger partial charge in [-0.3, -0.25) is 0 Å². The molecule has 0 fully saturated rings. The van der Waals surface area contributed by atoms with E-state index in [0.29, 0.717) is 5.56 Å². The summed E-state index contributed by atoms with van der Waals surface area (Å²) in [6.07, 6.45) is 0. The van der Waals surface area contributed by atoms with E-state index in [4.69, 9.17) is 5.11 Å². The van der Waals surface area contributed by atoms with Crippen molar-refractivity contribution in [3.8, 4) is 0 Å². The second kappa shape index (κ2) is 5.67. The number of hydrogen-bond acceptors (Lipinski definition) is 3. The van der Waals surface area contributed by atoms with Gasteiger partial charge in [-0.2, -0.15) is 0 Å². The van der Waals surface area contributed by atoms with Gasteiger partial charge in [0, 0.05) is 21.5 Å². The fraction of sp³-hybridized carbons (Fsp3) is 0.312. The van der Waals surface area contributed by atoms with Gasteiger partial charge in [0.2, 0.25) is 0 Å². The van der Waals surface area contributed by atoms with Gasteiger partial charge in [0.25, 0.3) is 0 Å². The number of carboxylic acids is 1. The highest BCUT2D eigenvalue weighted by molar-refractivity contribution is 7.12. The lowest BCUT2D eigenvalue weighted by atomic mass is 10.1. The minimum atomic E-state index is -0.883. The summed E-state index contributed by atoms with van der Waals surface area (Å²) < 4.78 is 0. The fourth-order valence-corrected chi connectivity index (χ4v) is 3.42. The number of carbonyl (C=O) groups is 1. The highest BCUT2D eigenvalue weighted by Gasteiger charge is 2.12. The second-order valence-corrected chi connectivity index (χ2v) is 6.53. The monoisotopic (exact) mass is 289 g/mol. The third kappa shape index (κ3) is 3.02. The van der Waals surface area contributed by atoms with Crippen LogP contribution in [0.15, 0.2) is 24.3 Å². The number of aromatic carboxylic acids is 1. The Morgan fingerprint density at radius 3 is 2.45 bits per heavy atom. The first-order valence-electron chi connectivity index (χ1n) is 6.56. The number of nitrogens with one attached hydrogen (secondary N) is 1. The van der Waals surface area contributed by atoms with Crippen molar-refractivity contribution in [3.63, 3.8) is 0 Å². The quantitative estimate of drug-likeness (QED) is 0.868. The molecule has 0 aliphatic carbocycles. The molecule has 2 aromatic rings. The van der Waals surface area contributed by atoms with Crippen LogP contribution in [0.5, 0.6) is 0 Å². The van der Waals surface area contributed by atoms with Crippen molar-refractivity contribution in [1.29, 1.82) is 0 Å². The molecule has 106 valence electrons. The van der Waals surface area contributed by atoms with Crippen LogP contribution < -0.4 is 5.32 Å².